The number of carbonyl (C=O) groups excluding carboxylic acids is 2. The summed E-state index contributed by atoms with van der Waals surface area (Å²) in [7, 11) is 0. The van der Waals surface area contributed by atoms with E-state index in [1.54, 1.807) is 12.3 Å². The summed E-state index contributed by atoms with van der Waals surface area (Å²) in [6.45, 7) is 2.23. The summed E-state index contributed by atoms with van der Waals surface area (Å²) in [5, 5.41) is 9.06. The highest BCUT2D eigenvalue weighted by Gasteiger charge is 2.59. The third-order valence-electron chi connectivity index (χ3n) is 9.29. The second-order valence-corrected chi connectivity index (χ2v) is 11.1. The van der Waals surface area contributed by atoms with Gasteiger partial charge in [-0.15, -0.1) is 0 Å². The van der Waals surface area contributed by atoms with E-state index < -0.39 is 0 Å². The zero-order chi connectivity index (χ0) is 22.8. The number of likely N-dealkylation sites (tertiary alicyclic amines) is 1. The summed E-state index contributed by atoms with van der Waals surface area (Å²) in [6, 6.07) is 5.84. The molecule has 2 amide bonds. The highest BCUT2D eigenvalue weighted by Crippen LogP contribution is 2.60. The summed E-state index contributed by atoms with van der Waals surface area (Å²) in [6.07, 6.45) is 8.87. The Morgan fingerprint density at radius 2 is 1.94 bits per heavy atom. The number of pyridine rings is 1. The van der Waals surface area contributed by atoms with Crippen LogP contribution in [-0.4, -0.2) is 53.2 Å². The van der Waals surface area contributed by atoms with E-state index in [9.17, 15) is 9.59 Å². The Balaban J connectivity index is 1.14. The number of hydrogen-bond acceptors (Lipinski definition) is 6. The maximum Gasteiger partial charge on any atom is 0.410 e. The Hall–Kier alpha value is -2.82. The van der Waals surface area contributed by atoms with Crippen LogP contribution in [0.25, 0.3) is 0 Å². The number of ether oxygens (including phenoxy) is 1. The van der Waals surface area contributed by atoms with Crippen LogP contribution in [0.15, 0.2) is 18.3 Å². The van der Waals surface area contributed by atoms with Crippen LogP contribution in [0, 0.1) is 34.5 Å². The number of nitrogens with zero attached hydrogens (tertiary/aromatic N) is 4. The molecule has 3 atom stereocenters. The summed E-state index contributed by atoms with van der Waals surface area (Å²) < 4.78 is 6.17. The average Bonchev–Trinajstić information content (AvgIpc) is 3.43. The monoisotopic (exact) mass is 449 g/mol. The van der Waals surface area contributed by atoms with Crippen LogP contribution >= 0.6 is 0 Å². The Morgan fingerprint density at radius 3 is 2.61 bits per heavy atom. The lowest BCUT2D eigenvalue weighted by Crippen LogP contribution is -2.59. The topological polar surface area (TPSA) is 113 Å². The van der Waals surface area contributed by atoms with Gasteiger partial charge in [-0.25, -0.2) is 9.78 Å². The minimum absolute atomic E-state index is 0.0852. The lowest BCUT2D eigenvalue weighted by Gasteiger charge is -2.58. The van der Waals surface area contributed by atoms with Crippen molar-refractivity contribution in [2.24, 2.45) is 28.9 Å². The van der Waals surface area contributed by atoms with Crippen LogP contribution in [-0.2, 0) is 9.53 Å². The molecule has 0 aromatic carbocycles. The standard InChI is InChI=1S/C25H31N5O3/c26-13-16-2-3-20(28-14-16)30-6-1-4-25(30)5-7-29(15-25)23(32)33-21-18-8-17-9-19(21)12-24(10-17,11-18)22(27)31/h2-3,14,17-19,21H,1,4-12,15H2,(H2,27,31)/t17?,18?,19?,21-,24-,25?. The molecule has 6 aliphatic rings. The predicted molar refractivity (Wildman–Crippen MR) is 120 cm³/mol. The number of amides is 2. The fraction of sp³-hybridized carbons (Fsp3) is 0.680. The van der Waals surface area contributed by atoms with Crippen molar-refractivity contribution >= 4 is 17.8 Å². The Kier molecular flexibility index (Phi) is 4.62. The van der Waals surface area contributed by atoms with Gasteiger partial charge in [-0.05, 0) is 81.3 Å². The van der Waals surface area contributed by atoms with Crippen LogP contribution in [0.4, 0.5) is 10.6 Å². The van der Waals surface area contributed by atoms with Crippen molar-refractivity contribution in [3.8, 4) is 6.07 Å². The molecule has 2 aliphatic heterocycles. The summed E-state index contributed by atoms with van der Waals surface area (Å²) in [5.74, 6) is 1.78. The van der Waals surface area contributed by atoms with Crippen molar-refractivity contribution in [2.75, 3.05) is 24.5 Å². The van der Waals surface area contributed by atoms with Gasteiger partial charge in [0.2, 0.25) is 5.91 Å². The summed E-state index contributed by atoms with van der Waals surface area (Å²) in [4.78, 5) is 34.2. The van der Waals surface area contributed by atoms with Gasteiger partial charge in [0.25, 0.3) is 0 Å². The maximum atomic E-state index is 13.3. The third kappa shape index (κ3) is 3.19. The van der Waals surface area contributed by atoms with E-state index in [0.29, 0.717) is 24.6 Å². The zero-order valence-corrected chi connectivity index (χ0v) is 18.9. The van der Waals surface area contributed by atoms with Crippen molar-refractivity contribution in [2.45, 2.75) is 63.0 Å². The van der Waals surface area contributed by atoms with E-state index in [-0.39, 0.29) is 40.9 Å². The number of hydrogen-bond donors (Lipinski definition) is 1. The summed E-state index contributed by atoms with van der Waals surface area (Å²) in [5.41, 5.74) is 5.88. The molecule has 33 heavy (non-hydrogen) atoms. The molecule has 2 saturated heterocycles. The molecule has 1 aromatic rings. The normalized spacial score (nSPS) is 38.6. The summed E-state index contributed by atoms with van der Waals surface area (Å²) >= 11 is 0. The van der Waals surface area contributed by atoms with Crippen molar-refractivity contribution < 1.29 is 14.3 Å². The van der Waals surface area contributed by atoms with E-state index >= 15 is 0 Å². The van der Waals surface area contributed by atoms with Gasteiger partial charge in [0.15, 0.2) is 0 Å². The number of nitrogens with two attached hydrogens (primary N) is 1. The molecule has 3 unspecified atom stereocenters. The first kappa shape index (κ1) is 20.8. The third-order valence-corrected chi connectivity index (χ3v) is 9.29. The lowest BCUT2D eigenvalue weighted by atomic mass is 9.48. The molecule has 1 spiro atoms. The number of anilines is 1. The van der Waals surface area contributed by atoms with E-state index in [4.69, 9.17) is 15.7 Å². The van der Waals surface area contributed by atoms with Gasteiger partial charge in [0.1, 0.15) is 18.0 Å². The van der Waals surface area contributed by atoms with Crippen molar-refractivity contribution in [1.29, 1.82) is 5.26 Å². The number of nitriles is 1. The lowest BCUT2D eigenvalue weighted by molar-refractivity contribution is -0.161. The smallest absolute Gasteiger partial charge is 0.410 e. The van der Waals surface area contributed by atoms with E-state index in [0.717, 1.165) is 63.7 Å². The molecule has 2 N–H and O–H groups in total. The second kappa shape index (κ2) is 7.34. The van der Waals surface area contributed by atoms with Crippen LogP contribution < -0.4 is 10.6 Å². The van der Waals surface area contributed by atoms with Crippen molar-refractivity contribution in [3.63, 3.8) is 0 Å². The Morgan fingerprint density at radius 1 is 1.15 bits per heavy atom. The second-order valence-electron chi connectivity index (χ2n) is 11.1. The van der Waals surface area contributed by atoms with E-state index in [1.807, 2.05) is 11.0 Å². The predicted octanol–water partition coefficient (Wildman–Crippen LogP) is 2.81. The fourth-order valence-electron chi connectivity index (χ4n) is 8.01. The van der Waals surface area contributed by atoms with Crippen LogP contribution in [0.2, 0.25) is 0 Å². The first-order chi connectivity index (χ1) is 15.9. The SMILES string of the molecule is N#Cc1ccc(N2CCCC23CCN(C(=O)O[C@H]2C4CC5CC2C[C@](C(N)=O)(C5)C4)C3)nc1. The van der Waals surface area contributed by atoms with Gasteiger partial charge in [-0.2, -0.15) is 5.26 Å². The van der Waals surface area contributed by atoms with Gasteiger partial charge in [-0.3, -0.25) is 4.79 Å². The number of primary amides is 1. The Labute approximate surface area is 194 Å². The van der Waals surface area contributed by atoms with Crippen LogP contribution in [0.3, 0.4) is 0 Å². The average molecular weight is 450 g/mol. The molecule has 4 bridgehead atoms. The largest absolute Gasteiger partial charge is 0.446 e. The molecule has 8 heteroatoms. The molecular weight excluding hydrogens is 418 g/mol. The zero-order valence-electron chi connectivity index (χ0n) is 18.9. The van der Waals surface area contributed by atoms with Gasteiger partial charge in [0.05, 0.1) is 16.5 Å². The molecule has 3 heterocycles. The molecule has 174 valence electrons. The van der Waals surface area contributed by atoms with Crippen molar-refractivity contribution in [3.05, 3.63) is 23.9 Å². The molecule has 0 radical (unpaired) electrons. The van der Waals surface area contributed by atoms with Gasteiger partial charge in [0, 0.05) is 25.8 Å². The Bertz CT molecular complexity index is 1000. The molecule has 8 nitrogen and oxygen atoms in total. The molecule has 4 aliphatic carbocycles. The molecular formula is C25H31N5O3. The number of carbonyl (C=O) groups is 2. The molecule has 7 rings (SSSR count). The minimum Gasteiger partial charge on any atom is -0.446 e. The van der Waals surface area contributed by atoms with Gasteiger partial charge in [-0.1, -0.05) is 0 Å². The quantitative estimate of drug-likeness (QED) is 0.759. The van der Waals surface area contributed by atoms with Gasteiger partial charge >= 0.3 is 6.09 Å². The highest BCUT2D eigenvalue weighted by molar-refractivity contribution is 5.81. The molecule has 1 aromatic heterocycles. The fourth-order valence-corrected chi connectivity index (χ4v) is 8.01. The minimum atomic E-state index is -0.366. The van der Waals surface area contributed by atoms with Crippen molar-refractivity contribution in [1.82, 2.24) is 9.88 Å². The van der Waals surface area contributed by atoms with E-state index in [1.165, 1.54) is 0 Å². The number of rotatable bonds is 3. The highest BCUT2D eigenvalue weighted by atomic mass is 16.6. The number of aromatic nitrogens is 1. The molecule has 4 saturated carbocycles. The first-order valence-electron chi connectivity index (χ1n) is 12.3. The van der Waals surface area contributed by atoms with E-state index in [2.05, 4.69) is 16.0 Å². The van der Waals surface area contributed by atoms with Gasteiger partial charge < -0.3 is 20.3 Å². The molecule has 6 fully saturated rings. The first-order valence-corrected chi connectivity index (χ1v) is 12.3. The van der Waals surface area contributed by atoms with Crippen LogP contribution in [0.1, 0.15) is 56.9 Å². The maximum absolute atomic E-state index is 13.3. The van der Waals surface area contributed by atoms with Crippen LogP contribution in [0.5, 0.6) is 0 Å².